The van der Waals surface area contributed by atoms with Crippen molar-refractivity contribution in [3.05, 3.63) is 5.51 Å². The third-order valence-corrected chi connectivity index (χ3v) is 6.40. The Hall–Kier alpha value is -1.15. The molecule has 1 saturated heterocycles. The maximum Gasteiger partial charge on any atom is 0.233 e. The monoisotopic (exact) mass is 354 g/mol. The summed E-state index contributed by atoms with van der Waals surface area (Å²) in [6.07, 6.45) is 5.70. The fraction of sp³-hybridized carbons (Fsp3) is 0.733. The van der Waals surface area contributed by atoms with Gasteiger partial charge in [0.1, 0.15) is 5.51 Å². The third kappa shape index (κ3) is 4.44. The largest absolute Gasteiger partial charge is 0.339 e. The summed E-state index contributed by atoms with van der Waals surface area (Å²) in [5, 5.41) is 7.69. The molecule has 1 aliphatic carbocycles. The van der Waals surface area contributed by atoms with Crippen LogP contribution in [0.5, 0.6) is 0 Å². The fourth-order valence-electron chi connectivity index (χ4n) is 3.22. The minimum Gasteiger partial charge on any atom is -0.339 e. The predicted octanol–water partition coefficient (Wildman–Crippen LogP) is 1.88. The first kappa shape index (κ1) is 16.7. The van der Waals surface area contributed by atoms with E-state index in [-0.39, 0.29) is 11.8 Å². The highest BCUT2D eigenvalue weighted by Crippen LogP contribution is 2.26. The number of amides is 2. The molecule has 1 aromatic rings. The molecule has 0 spiro atoms. The molecule has 8 heteroatoms. The average Bonchev–Trinajstić information content (AvgIpc) is 3.13. The van der Waals surface area contributed by atoms with Crippen LogP contribution in [-0.2, 0) is 9.59 Å². The SMILES string of the molecule is O=C(CSc1nncs1)N1CCN(C(=O)C2CCCCC2)CC1. The summed E-state index contributed by atoms with van der Waals surface area (Å²) in [5.41, 5.74) is 1.67. The van der Waals surface area contributed by atoms with Gasteiger partial charge in [-0.3, -0.25) is 9.59 Å². The van der Waals surface area contributed by atoms with Gasteiger partial charge < -0.3 is 9.80 Å². The van der Waals surface area contributed by atoms with Crippen LogP contribution in [0.3, 0.4) is 0 Å². The van der Waals surface area contributed by atoms with Gasteiger partial charge in [-0.25, -0.2) is 0 Å². The van der Waals surface area contributed by atoms with Crippen LogP contribution in [0.15, 0.2) is 9.85 Å². The number of aromatic nitrogens is 2. The molecule has 0 atom stereocenters. The molecule has 23 heavy (non-hydrogen) atoms. The van der Waals surface area contributed by atoms with Gasteiger partial charge in [0.2, 0.25) is 11.8 Å². The van der Waals surface area contributed by atoms with E-state index in [0.717, 1.165) is 17.2 Å². The minimum atomic E-state index is 0.120. The molecule has 2 amide bonds. The summed E-state index contributed by atoms with van der Waals surface area (Å²) >= 11 is 2.88. The van der Waals surface area contributed by atoms with Gasteiger partial charge in [-0.1, -0.05) is 42.4 Å². The normalized spacial score (nSPS) is 19.8. The number of carbonyl (C=O) groups is 2. The lowest BCUT2D eigenvalue weighted by molar-refractivity contribution is -0.141. The smallest absolute Gasteiger partial charge is 0.233 e. The number of rotatable bonds is 4. The van der Waals surface area contributed by atoms with Gasteiger partial charge in [-0.2, -0.15) is 0 Å². The number of thioether (sulfide) groups is 1. The maximum absolute atomic E-state index is 12.5. The van der Waals surface area contributed by atoms with Crippen LogP contribution in [0.2, 0.25) is 0 Å². The van der Waals surface area contributed by atoms with E-state index in [1.165, 1.54) is 42.4 Å². The van der Waals surface area contributed by atoms with Crippen LogP contribution in [-0.4, -0.2) is 63.7 Å². The third-order valence-electron chi connectivity index (χ3n) is 4.56. The molecule has 126 valence electrons. The van der Waals surface area contributed by atoms with E-state index in [9.17, 15) is 9.59 Å². The van der Waals surface area contributed by atoms with Crippen LogP contribution in [0.25, 0.3) is 0 Å². The number of hydrogen-bond donors (Lipinski definition) is 0. The lowest BCUT2D eigenvalue weighted by atomic mass is 9.88. The van der Waals surface area contributed by atoms with Gasteiger partial charge >= 0.3 is 0 Å². The minimum absolute atomic E-state index is 0.120. The second kappa shape index (κ2) is 8.10. The lowest BCUT2D eigenvalue weighted by Crippen LogP contribution is -2.52. The molecule has 6 nitrogen and oxygen atoms in total. The zero-order chi connectivity index (χ0) is 16.1. The molecule has 2 aliphatic rings. The van der Waals surface area contributed by atoms with Crippen LogP contribution in [0.4, 0.5) is 0 Å². The van der Waals surface area contributed by atoms with Crippen molar-refractivity contribution in [1.29, 1.82) is 0 Å². The first-order valence-corrected chi connectivity index (χ1v) is 10.1. The van der Waals surface area contributed by atoms with Crippen molar-refractivity contribution in [2.24, 2.45) is 5.92 Å². The lowest BCUT2D eigenvalue weighted by Gasteiger charge is -2.37. The topological polar surface area (TPSA) is 66.4 Å². The molecule has 1 aromatic heterocycles. The van der Waals surface area contributed by atoms with Crippen molar-refractivity contribution in [2.75, 3.05) is 31.9 Å². The molecular formula is C15H22N4O2S2. The number of nitrogens with zero attached hydrogens (tertiary/aromatic N) is 4. The Morgan fingerprint density at radius 2 is 1.83 bits per heavy atom. The number of hydrogen-bond acceptors (Lipinski definition) is 6. The molecule has 0 radical (unpaired) electrons. The van der Waals surface area contributed by atoms with Crippen molar-refractivity contribution < 1.29 is 9.59 Å². The highest BCUT2D eigenvalue weighted by atomic mass is 32.2. The second-order valence-corrected chi connectivity index (χ2v) is 8.09. The van der Waals surface area contributed by atoms with E-state index >= 15 is 0 Å². The zero-order valence-corrected chi connectivity index (χ0v) is 14.8. The first-order valence-electron chi connectivity index (χ1n) is 8.19. The van der Waals surface area contributed by atoms with Gasteiger partial charge in [-0.05, 0) is 12.8 Å². The summed E-state index contributed by atoms with van der Waals surface area (Å²) in [7, 11) is 0. The summed E-state index contributed by atoms with van der Waals surface area (Å²) in [4.78, 5) is 28.6. The molecule has 3 rings (SSSR count). The number of piperazine rings is 1. The standard InChI is InChI=1S/C15H22N4O2S2/c20-13(10-22-15-17-16-11-23-15)18-6-8-19(9-7-18)14(21)12-4-2-1-3-5-12/h11-12H,1-10H2. The van der Waals surface area contributed by atoms with Crippen molar-refractivity contribution in [3.63, 3.8) is 0 Å². The van der Waals surface area contributed by atoms with Gasteiger partial charge in [0.15, 0.2) is 4.34 Å². The van der Waals surface area contributed by atoms with Crippen molar-refractivity contribution >= 4 is 34.9 Å². The molecule has 0 unspecified atom stereocenters. The highest BCUT2D eigenvalue weighted by molar-refractivity contribution is 8.01. The quantitative estimate of drug-likeness (QED) is 0.773. The van der Waals surface area contributed by atoms with E-state index in [1.54, 1.807) is 5.51 Å². The molecule has 0 bridgehead atoms. The molecular weight excluding hydrogens is 332 g/mol. The molecule has 1 saturated carbocycles. The Morgan fingerprint density at radius 3 is 2.48 bits per heavy atom. The summed E-state index contributed by atoms with van der Waals surface area (Å²) in [5.74, 6) is 1.04. The molecule has 2 fully saturated rings. The Balaban J connectivity index is 1.42. The average molecular weight is 355 g/mol. The Labute approximate surface area is 144 Å². The molecule has 0 aromatic carbocycles. The van der Waals surface area contributed by atoms with Crippen LogP contribution in [0.1, 0.15) is 32.1 Å². The molecule has 2 heterocycles. The maximum atomic E-state index is 12.5. The summed E-state index contributed by atoms with van der Waals surface area (Å²) in [6.45, 7) is 2.64. The van der Waals surface area contributed by atoms with Gasteiger partial charge in [-0.15, -0.1) is 10.2 Å². The first-order chi connectivity index (χ1) is 11.2. The van der Waals surface area contributed by atoms with Crippen LogP contribution >= 0.6 is 23.1 Å². The Morgan fingerprint density at radius 1 is 1.13 bits per heavy atom. The summed E-state index contributed by atoms with van der Waals surface area (Å²) < 4.78 is 0.824. The second-order valence-electron chi connectivity index (χ2n) is 6.03. The predicted molar refractivity (Wildman–Crippen MR) is 90.4 cm³/mol. The van der Waals surface area contributed by atoms with Crippen LogP contribution in [0, 0.1) is 5.92 Å². The van der Waals surface area contributed by atoms with E-state index in [4.69, 9.17) is 0 Å². The van der Waals surface area contributed by atoms with E-state index in [1.807, 2.05) is 9.80 Å². The highest BCUT2D eigenvalue weighted by Gasteiger charge is 2.29. The van der Waals surface area contributed by atoms with E-state index < -0.39 is 0 Å². The van der Waals surface area contributed by atoms with Gasteiger partial charge in [0, 0.05) is 32.1 Å². The Bertz CT molecular complexity index is 524. The van der Waals surface area contributed by atoms with Gasteiger partial charge in [0.05, 0.1) is 5.75 Å². The van der Waals surface area contributed by atoms with Crippen molar-refractivity contribution in [1.82, 2.24) is 20.0 Å². The summed E-state index contributed by atoms with van der Waals surface area (Å²) in [6, 6.07) is 0. The van der Waals surface area contributed by atoms with Crippen LogP contribution < -0.4 is 0 Å². The van der Waals surface area contributed by atoms with Crippen molar-refractivity contribution in [3.8, 4) is 0 Å². The fourth-order valence-corrected chi connectivity index (χ4v) is 4.62. The molecule has 0 N–H and O–H groups in total. The number of carbonyl (C=O) groups excluding carboxylic acids is 2. The van der Waals surface area contributed by atoms with E-state index in [0.29, 0.717) is 37.8 Å². The van der Waals surface area contributed by atoms with Gasteiger partial charge in [0.25, 0.3) is 0 Å². The van der Waals surface area contributed by atoms with Crippen molar-refractivity contribution in [2.45, 2.75) is 36.4 Å². The zero-order valence-electron chi connectivity index (χ0n) is 13.1. The molecule has 1 aliphatic heterocycles. The van der Waals surface area contributed by atoms with E-state index in [2.05, 4.69) is 10.2 Å². The Kier molecular flexibility index (Phi) is 5.88.